The van der Waals surface area contributed by atoms with Gasteiger partial charge < -0.3 is 10.5 Å². The number of nitrogens with two attached hydrogens (primary N) is 1. The van der Waals surface area contributed by atoms with Crippen LogP contribution in [0.4, 0.5) is 5.82 Å². The molecule has 3 rings (SSSR count). The van der Waals surface area contributed by atoms with E-state index in [4.69, 9.17) is 10.5 Å². The summed E-state index contributed by atoms with van der Waals surface area (Å²) in [6, 6.07) is 10.8. The van der Waals surface area contributed by atoms with E-state index in [-0.39, 0.29) is 17.1 Å². The molecule has 0 aliphatic carbocycles. The van der Waals surface area contributed by atoms with Crippen LogP contribution in [0.25, 0.3) is 11.0 Å². The minimum absolute atomic E-state index is 0.147. The first-order chi connectivity index (χ1) is 11.3. The first kappa shape index (κ1) is 16.0. The molecule has 0 bridgehead atoms. The number of aromatic nitrogens is 3. The number of hydrogen-bond acceptors (Lipinski definition) is 5. The van der Waals surface area contributed by atoms with E-state index in [0.717, 1.165) is 5.69 Å². The van der Waals surface area contributed by atoms with E-state index in [2.05, 4.69) is 30.9 Å². The molecule has 0 radical (unpaired) electrons. The summed E-state index contributed by atoms with van der Waals surface area (Å²) in [7, 11) is 1.53. The molecule has 2 aromatic heterocycles. The van der Waals surface area contributed by atoms with Crippen molar-refractivity contribution in [1.29, 1.82) is 0 Å². The fourth-order valence-corrected chi connectivity index (χ4v) is 2.51. The Kier molecular flexibility index (Phi) is 3.75. The lowest BCUT2D eigenvalue weighted by atomic mass is 9.91. The van der Waals surface area contributed by atoms with Gasteiger partial charge in [-0.15, -0.1) is 5.10 Å². The topological polar surface area (TPSA) is 83.0 Å². The highest BCUT2D eigenvalue weighted by molar-refractivity contribution is 6.03. The maximum Gasteiger partial charge on any atom is 0.283 e. The molecule has 2 heterocycles. The predicted octanol–water partition coefficient (Wildman–Crippen LogP) is 3.01. The Morgan fingerprint density at radius 2 is 1.88 bits per heavy atom. The van der Waals surface area contributed by atoms with Gasteiger partial charge in [-0.2, -0.15) is 4.68 Å². The summed E-state index contributed by atoms with van der Waals surface area (Å²) in [6.45, 7) is 6.19. The van der Waals surface area contributed by atoms with Crippen LogP contribution < -0.4 is 10.5 Å². The summed E-state index contributed by atoms with van der Waals surface area (Å²) >= 11 is 0. The van der Waals surface area contributed by atoms with Crippen molar-refractivity contribution in [2.24, 2.45) is 0 Å². The molecule has 1 aromatic carbocycles. The number of para-hydroxylation sites is 1. The Bertz CT molecular complexity index is 922. The van der Waals surface area contributed by atoms with E-state index in [9.17, 15) is 4.79 Å². The van der Waals surface area contributed by atoms with E-state index in [1.807, 2.05) is 12.1 Å². The Morgan fingerprint density at radius 3 is 2.54 bits per heavy atom. The van der Waals surface area contributed by atoms with Crippen LogP contribution in [0.2, 0.25) is 0 Å². The van der Waals surface area contributed by atoms with Crippen molar-refractivity contribution in [3.8, 4) is 5.75 Å². The van der Waals surface area contributed by atoms with Gasteiger partial charge in [0.05, 0.1) is 18.1 Å². The number of nitrogens with zero attached hydrogens (tertiary/aromatic N) is 3. The van der Waals surface area contributed by atoms with Crippen LogP contribution in [0.3, 0.4) is 0 Å². The highest BCUT2D eigenvalue weighted by Gasteiger charge is 2.22. The van der Waals surface area contributed by atoms with Gasteiger partial charge in [0.25, 0.3) is 5.91 Å². The Hall–Kier alpha value is -2.89. The second-order valence-corrected chi connectivity index (χ2v) is 6.62. The van der Waals surface area contributed by atoms with Crippen molar-refractivity contribution in [3.05, 3.63) is 47.7 Å². The number of pyridine rings is 1. The molecule has 3 aromatic rings. The van der Waals surface area contributed by atoms with Crippen molar-refractivity contribution < 1.29 is 9.53 Å². The first-order valence-electron chi connectivity index (χ1n) is 7.66. The zero-order chi connectivity index (χ0) is 17.5. The Labute approximate surface area is 140 Å². The largest absolute Gasteiger partial charge is 0.496 e. The lowest BCUT2D eigenvalue weighted by molar-refractivity contribution is 0.0947. The van der Waals surface area contributed by atoms with E-state index in [1.165, 1.54) is 11.8 Å². The van der Waals surface area contributed by atoms with Crippen molar-refractivity contribution in [3.63, 3.8) is 0 Å². The number of anilines is 1. The third-order valence-corrected chi connectivity index (χ3v) is 3.86. The molecule has 0 aliphatic heterocycles. The van der Waals surface area contributed by atoms with Gasteiger partial charge in [-0.1, -0.05) is 32.9 Å². The van der Waals surface area contributed by atoms with Crippen LogP contribution in [0.15, 0.2) is 36.4 Å². The maximum absolute atomic E-state index is 12.9. The number of rotatable bonds is 2. The molecule has 0 aliphatic rings. The van der Waals surface area contributed by atoms with Crippen LogP contribution >= 0.6 is 0 Å². The maximum atomic E-state index is 12.9. The molecule has 24 heavy (non-hydrogen) atoms. The average Bonchev–Trinajstić information content (AvgIpc) is 2.90. The second kappa shape index (κ2) is 5.63. The molecule has 6 nitrogen and oxygen atoms in total. The fourth-order valence-electron chi connectivity index (χ4n) is 2.51. The molecule has 2 N–H and O–H groups in total. The van der Waals surface area contributed by atoms with E-state index < -0.39 is 0 Å². The zero-order valence-corrected chi connectivity index (χ0v) is 14.2. The summed E-state index contributed by atoms with van der Waals surface area (Å²) in [4.78, 5) is 17.6. The summed E-state index contributed by atoms with van der Waals surface area (Å²) < 4.78 is 6.52. The number of benzene rings is 1. The number of carbonyl (C=O) groups excluding carboxylic acids is 1. The summed E-state index contributed by atoms with van der Waals surface area (Å²) in [5.74, 6) is 0.436. The van der Waals surface area contributed by atoms with E-state index in [0.29, 0.717) is 22.3 Å². The highest BCUT2D eigenvalue weighted by atomic mass is 16.5. The first-order valence-corrected chi connectivity index (χ1v) is 7.66. The average molecular weight is 324 g/mol. The predicted molar refractivity (Wildman–Crippen MR) is 93.4 cm³/mol. The van der Waals surface area contributed by atoms with Gasteiger partial charge in [-0.25, -0.2) is 4.98 Å². The lowest BCUT2D eigenvalue weighted by Gasteiger charge is -2.17. The number of ether oxygens (including phenoxy) is 1. The van der Waals surface area contributed by atoms with Crippen LogP contribution in [-0.2, 0) is 5.41 Å². The lowest BCUT2D eigenvalue weighted by Crippen LogP contribution is -2.17. The quantitative estimate of drug-likeness (QED) is 0.783. The van der Waals surface area contributed by atoms with Crippen molar-refractivity contribution in [2.45, 2.75) is 26.2 Å². The van der Waals surface area contributed by atoms with Crippen LogP contribution in [0.1, 0.15) is 36.8 Å². The normalized spacial score (nSPS) is 11.7. The SMILES string of the molecule is COc1ccccc1C(=O)n1nc(N)c2ccc(C(C)(C)C)nc21. The molecule has 0 spiro atoms. The highest BCUT2D eigenvalue weighted by Crippen LogP contribution is 2.27. The monoisotopic (exact) mass is 324 g/mol. The number of carbonyl (C=O) groups is 1. The molecule has 0 amide bonds. The second-order valence-electron chi connectivity index (χ2n) is 6.62. The van der Waals surface area contributed by atoms with Gasteiger partial charge >= 0.3 is 0 Å². The van der Waals surface area contributed by atoms with Crippen molar-refractivity contribution in [2.75, 3.05) is 12.8 Å². The molecular weight excluding hydrogens is 304 g/mol. The standard InChI is InChI=1S/C18H20N4O2/c1-18(2,3)14-10-9-12-15(19)21-22(16(12)20-14)17(23)11-7-5-6-8-13(11)24-4/h5-10H,1-4H3,(H2,19,21). The van der Waals surface area contributed by atoms with Gasteiger partial charge in [0, 0.05) is 11.1 Å². The zero-order valence-electron chi connectivity index (χ0n) is 14.2. The minimum atomic E-state index is -0.326. The van der Waals surface area contributed by atoms with Crippen molar-refractivity contribution >= 4 is 22.8 Å². The molecule has 0 atom stereocenters. The third kappa shape index (κ3) is 2.60. The van der Waals surface area contributed by atoms with Gasteiger partial charge in [0.2, 0.25) is 0 Å². The molecule has 0 saturated heterocycles. The number of nitrogen functional groups attached to an aromatic ring is 1. The molecule has 0 fully saturated rings. The van der Waals surface area contributed by atoms with Gasteiger partial charge in [-0.05, 0) is 24.3 Å². The van der Waals surface area contributed by atoms with Gasteiger partial charge in [0.1, 0.15) is 5.75 Å². The molecular formula is C18H20N4O2. The Balaban J connectivity index is 2.20. The Morgan fingerprint density at radius 1 is 1.17 bits per heavy atom. The van der Waals surface area contributed by atoms with Gasteiger partial charge in [0.15, 0.2) is 11.5 Å². The third-order valence-electron chi connectivity index (χ3n) is 3.86. The molecule has 6 heteroatoms. The fraction of sp³-hybridized carbons (Fsp3) is 0.278. The smallest absolute Gasteiger partial charge is 0.283 e. The number of hydrogen-bond donors (Lipinski definition) is 1. The molecule has 0 saturated carbocycles. The summed E-state index contributed by atoms with van der Waals surface area (Å²) in [6.07, 6.45) is 0. The number of fused-ring (bicyclic) bond motifs is 1. The summed E-state index contributed by atoms with van der Waals surface area (Å²) in [5.41, 5.74) is 7.55. The number of methoxy groups -OCH3 is 1. The van der Waals surface area contributed by atoms with Crippen LogP contribution in [0.5, 0.6) is 5.75 Å². The van der Waals surface area contributed by atoms with E-state index >= 15 is 0 Å². The minimum Gasteiger partial charge on any atom is -0.496 e. The molecule has 124 valence electrons. The van der Waals surface area contributed by atoms with Crippen molar-refractivity contribution in [1.82, 2.24) is 14.8 Å². The van der Waals surface area contributed by atoms with Gasteiger partial charge in [-0.3, -0.25) is 4.79 Å². The summed E-state index contributed by atoms with van der Waals surface area (Å²) in [5, 5.41) is 4.85. The van der Waals surface area contributed by atoms with Crippen LogP contribution in [-0.4, -0.2) is 27.8 Å². The van der Waals surface area contributed by atoms with Crippen LogP contribution in [0, 0.1) is 0 Å². The molecule has 0 unspecified atom stereocenters. The van der Waals surface area contributed by atoms with E-state index in [1.54, 1.807) is 24.3 Å².